The Morgan fingerprint density at radius 3 is 2.95 bits per heavy atom. The van der Waals surface area contributed by atoms with Crippen molar-refractivity contribution in [2.75, 3.05) is 27.2 Å². The second-order valence-electron chi connectivity index (χ2n) is 6.28. The summed E-state index contributed by atoms with van der Waals surface area (Å²) in [5.74, 6) is 0.343. The van der Waals surface area contributed by atoms with E-state index in [0.29, 0.717) is 12.5 Å². The van der Waals surface area contributed by atoms with Crippen molar-refractivity contribution in [1.29, 1.82) is 0 Å². The highest BCUT2D eigenvalue weighted by atomic mass is 16.2. The van der Waals surface area contributed by atoms with Crippen molar-refractivity contribution in [2.24, 2.45) is 5.92 Å². The van der Waals surface area contributed by atoms with Gasteiger partial charge in [-0.25, -0.2) is 0 Å². The minimum absolute atomic E-state index is 0.243. The molecule has 2 rings (SSSR count). The van der Waals surface area contributed by atoms with Crippen LogP contribution >= 0.6 is 0 Å². The maximum Gasteiger partial charge on any atom is 0.261 e. The summed E-state index contributed by atoms with van der Waals surface area (Å²) < 4.78 is 0. The number of nitrogens with one attached hydrogen (secondary N) is 2. The minimum Gasteiger partial charge on any atom is -0.352 e. The van der Waals surface area contributed by atoms with Gasteiger partial charge < -0.3 is 15.2 Å². The lowest BCUT2D eigenvalue weighted by molar-refractivity contribution is 0.0950. The Bertz CT molecular complexity index is 563. The minimum atomic E-state index is -0.270. The van der Waals surface area contributed by atoms with Gasteiger partial charge in [-0.3, -0.25) is 9.59 Å². The lowest BCUT2D eigenvalue weighted by atomic mass is 9.87. The summed E-state index contributed by atoms with van der Waals surface area (Å²) in [6, 6.07) is 1.78. The molecule has 0 aliphatic heterocycles. The van der Waals surface area contributed by atoms with Crippen LogP contribution in [0, 0.1) is 5.92 Å². The zero-order valence-electron chi connectivity index (χ0n) is 13.2. The van der Waals surface area contributed by atoms with Crippen LogP contribution in [0.4, 0.5) is 0 Å². The number of hydrogen-bond acceptors (Lipinski definition) is 3. The summed E-state index contributed by atoms with van der Waals surface area (Å²) in [7, 11) is 3.99. The highest BCUT2D eigenvalue weighted by molar-refractivity contribution is 5.94. The molecule has 0 unspecified atom stereocenters. The maximum atomic E-state index is 12.1. The summed E-state index contributed by atoms with van der Waals surface area (Å²) in [5, 5.41) is 2.83. The predicted octanol–water partition coefficient (Wildman–Crippen LogP) is 1.18. The Morgan fingerprint density at radius 2 is 2.24 bits per heavy atom. The third kappa shape index (κ3) is 4.17. The standard InChI is InChI=1S/C16H25N3O2/c1-11-5-6-14-12(9-11)10-13(16(21)18-14)15(20)17-7-4-8-19(2)3/h10-11H,4-9H2,1-3H3,(H,17,20)(H,18,21)/t11-/m0/s1. The van der Waals surface area contributed by atoms with E-state index in [1.54, 1.807) is 6.07 Å². The van der Waals surface area contributed by atoms with Crippen LogP contribution in [-0.4, -0.2) is 43.0 Å². The van der Waals surface area contributed by atoms with Gasteiger partial charge in [0.25, 0.3) is 11.5 Å². The summed E-state index contributed by atoms with van der Waals surface area (Å²) in [6.45, 7) is 3.71. The average Bonchev–Trinajstić information content (AvgIpc) is 2.43. The number of amides is 1. The molecule has 0 spiro atoms. The van der Waals surface area contributed by atoms with Crippen molar-refractivity contribution < 1.29 is 4.79 Å². The second-order valence-corrected chi connectivity index (χ2v) is 6.28. The highest BCUT2D eigenvalue weighted by Gasteiger charge is 2.19. The Kier molecular flexibility index (Phi) is 5.17. The smallest absolute Gasteiger partial charge is 0.261 e. The van der Waals surface area contributed by atoms with Gasteiger partial charge in [-0.05, 0) is 63.9 Å². The van der Waals surface area contributed by atoms with Gasteiger partial charge in [0.2, 0.25) is 0 Å². The number of aryl methyl sites for hydroxylation is 1. The van der Waals surface area contributed by atoms with Crippen molar-refractivity contribution in [3.63, 3.8) is 0 Å². The lowest BCUT2D eigenvalue weighted by Crippen LogP contribution is -2.33. The lowest BCUT2D eigenvalue weighted by Gasteiger charge is -2.21. The Balaban J connectivity index is 2.04. The van der Waals surface area contributed by atoms with Gasteiger partial charge in [-0.2, -0.15) is 0 Å². The van der Waals surface area contributed by atoms with Gasteiger partial charge in [-0.15, -0.1) is 0 Å². The topological polar surface area (TPSA) is 65.2 Å². The van der Waals surface area contributed by atoms with E-state index in [-0.39, 0.29) is 17.0 Å². The van der Waals surface area contributed by atoms with Gasteiger partial charge in [-0.1, -0.05) is 6.92 Å². The maximum absolute atomic E-state index is 12.1. The van der Waals surface area contributed by atoms with Crippen molar-refractivity contribution in [3.05, 3.63) is 33.2 Å². The van der Waals surface area contributed by atoms with E-state index >= 15 is 0 Å². The molecule has 116 valence electrons. The van der Waals surface area contributed by atoms with Crippen LogP contribution in [0.25, 0.3) is 0 Å². The average molecular weight is 291 g/mol. The van der Waals surface area contributed by atoms with Crippen LogP contribution < -0.4 is 10.9 Å². The molecule has 1 aliphatic rings. The summed E-state index contributed by atoms with van der Waals surface area (Å²) in [6.07, 6.45) is 3.81. The van der Waals surface area contributed by atoms with E-state index in [2.05, 4.69) is 22.1 Å². The Morgan fingerprint density at radius 1 is 1.48 bits per heavy atom. The molecule has 1 aromatic heterocycles. The number of aromatic amines is 1. The Hall–Kier alpha value is -1.62. The number of H-pyrrole nitrogens is 1. The quantitative estimate of drug-likeness (QED) is 0.801. The zero-order chi connectivity index (χ0) is 15.4. The fourth-order valence-electron chi connectivity index (χ4n) is 2.75. The van der Waals surface area contributed by atoms with E-state index in [0.717, 1.165) is 43.5 Å². The number of aromatic nitrogens is 1. The molecule has 1 aliphatic carbocycles. The van der Waals surface area contributed by atoms with E-state index in [1.165, 1.54) is 0 Å². The van der Waals surface area contributed by atoms with E-state index < -0.39 is 0 Å². The first-order valence-corrected chi connectivity index (χ1v) is 7.65. The molecule has 1 aromatic rings. The molecule has 1 amide bonds. The van der Waals surface area contributed by atoms with Gasteiger partial charge in [0.05, 0.1) is 0 Å². The molecule has 2 N–H and O–H groups in total. The number of nitrogens with zero attached hydrogens (tertiary/aromatic N) is 1. The van der Waals surface area contributed by atoms with E-state index in [4.69, 9.17) is 0 Å². The molecule has 1 atom stereocenters. The van der Waals surface area contributed by atoms with Crippen LogP contribution in [0.5, 0.6) is 0 Å². The number of rotatable bonds is 5. The van der Waals surface area contributed by atoms with Crippen LogP contribution in [0.2, 0.25) is 0 Å². The molecular weight excluding hydrogens is 266 g/mol. The first kappa shape index (κ1) is 15.8. The number of fused-ring (bicyclic) bond motifs is 1. The van der Waals surface area contributed by atoms with Crippen LogP contribution in [-0.2, 0) is 12.8 Å². The predicted molar refractivity (Wildman–Crippen MR) is 83.8 cm³/mol. The molecule has 0 saturated heterocycles. The first-order chi connectivity index (χ1) is 9.97. The largest absolute Gasteiger partial charge is 0.352 e. The molecule has 0 radical (unpaired) electrons. The SMILES string of the molecule is C[C@H]1CCc2[nH]c(=O)c(C(=O)NCCCN(C)C)cc2C1. The fraction of sp³-hybridized carbons (Fsp3) is 0.625. The van der Waals surface area contributed by atoms with Gasteiger partial charge >= 0.3 is 0 Å². The molecule has 5 nitrogen and oxygen atoms in total. The van der Waals surface area contributed by atoms with Gasteiger partial charge in [0.15, 0.2) is 0 Å². The van der Waals surface area contributed by atoms with Crippen molar-refractivity contribution >= 4 is 5.91 Å². The number of carbonyl (C=O) groups excluding carboxylic acids is 1. The van der Waals surface area contributed by atoms with Crippen LogP contribution in [0.1, 0.15) is 41.4 Å². The normalized spacial score (nSPS) is 17.6. The molecule has 1 heterocycles. The van der Waals surface area contributed by atoms with Crippen LogP contribution in [0.3, 0.4) is 0 Å². The van der Waals surface area contributed by atoms with Crippen LogP contribution in [0.15, 0.2) is 10.9 Å². The summed E-state index contributed by atoms with van der Waals surface area (Å²) in [5.41, 5.74) is 2.09. The van der Waals surface area contributed by atoms with Crippen molar-refractivity contribution in [1.82, 2.24) is 15.2 Å². The monoisotopic (exact) mass is 291 g/mol. The molecule has 0 aromatic carbocycles. The van der Waals surface area contributed by atoms with Gasteiger partial charge in [0, 0.05) is 12.2 Å². The van der Waals surface area contributed by atoms with Crippen molar-refractivity contribution in [2.45, 2.75) is 32.6 Å². The molecule has 21 heavy (non-hydrogen) atoms. The summed E-state index contributed by atoms with van der Waals surface area (Å²) in [4.78, 5) is 29.1. The number of pyridine rings is 1. The first-order valence-electron chi connectivity index (χ1n) is 7.65. The van der Waals surface area contributed by atoms with E-state index in [9.17, 15) is 9.59 Å². The van der Waals surface area contributed by atoms with Crippen molar-refractivity contribution in [3.8, 4) is 0 Å². The second kappa shape index (κ2) is 6.89. The molecule has 0 saturated carbocycles. The molecular formula is C16H25N3O2. The third-order valence-corrected chi connectivity index (χ3v) is 3.98. The zero-order valence-corrected chi connectivity index (χ0v) is 13.2. The third-order valence-electron chi connectivity index (χ3n) is 3.98. The molecule has 5 heteroatoms. The fourth-order valence-corrected chi connectivity index (χ4v) is 2.75. The highest BCUT2D eigenvalue weighted by Crippen LogP contribution is 2.23. The molecule has 0 bridgehead atoms. The summed E-state index contributed by atoms with van der Waals surface area (Å²) >= 11 is 0. The Labute approximate surface area is 125 Å². The number of carbonyl (C=O) groups is 1. The van der Waals surface area contributed by atoms with E-state index in [1.807, 2.05) is 14.1 Å². The molecule has 0 fully saturated rings. The number of hydrogen-bond donors (Lipinski definition) is 2. The van der Waals surface area contributed by atoms with Gasteiger partial charge in [0.1, 0.15) is 5.56 Å².